The van der Waals surface area contributed by atoms with Gasteiger partial charge < -0.3 is 15.3 Å². The molecule has 0 atom stereocenters. The molecular formula is C7H7NO5. The number of phenolic OH excluding ortho intramolecular Hbond substituents is 3. The van der Waals surface area contributed by atoms with Gasteiger partial charge in [0.05, 0.1) is 5.56 Å². The average Bonchev–Trinajstić information content (AvgIpc) is 2.10. The van der Waals surface area contributed by atoms with Crippen molar-refractivity contribution in [1.29, 1.82) is 0 Å². The zero-order chi connectivity index (χ0) is 10.0. The van der Waals surface area contributed by atoms with Crippen LogP contribution in [0.2, 0.25) is 0 Å². The van der Waals surface area contributed by atoms with Gasteiger partial charge in [-0.15, -0.1) is 0 Å². The molecule has 1 amide bonds. The summed E-state index contributed by atoms with van der Waals surface area (Å²) < 4.78 is 0. The number of phenols is 3. The van der Waals surface area contributed by atoms with Crippen LogP contribution in [0, 0.1) is 0 Å². The quantitative estimate of drug-likeness (QED) is 0.182. The van der Waals surface area contributed by atoms with Gasteiger partial charge in [0.15, 0.2) is 11.5 Å². The Hall–Kier alpha value is -1.95. The summed E-state index contributed by atoms with van der Waals surface area (Å²) in [4.78, 5) is 10.8. The standard InChI is InChI=1S/C7H7NO5/c9-3-1-4(7(12)8-13)6(11)5(10)2-3/h1-2,9-11,13H,(H,8,12). The van der Waals surface area contributed by atoms with Crippen molar-refractivity contribution in [3.63, 3.8) is 0 Å². The van der Waals surface area contributed by atoms with E-state index in [1.807, 2.05) is 0 Å². The molecule has 0 saturated carbocycles. The minimum absolute atomic E-state index is 0.395. The molecule has 1 aromatic rings. The van der Waals surface area contributed by atoms with Gasteiger partial charge in [-0.05, 0) is 6.07 Å². The molecule has 6 nitrogen and oxygen atoms in total. The van der Waals surface area contributed by atoms with Crippen LogP contribution < -0.4 is 5.48 Å². The molecule has 0 radical (unpaired) electrons. The van der Waals surface area contributed by atoms with Gasteiger partial charge in [-0.2, -0.15) is 0 Å². The lowest BCUT2D eigenvalue weighted by Crippen LogP contribution is -2.18. The molecule has 0 unspecified atom stereocenters. The number of rotatable bonds is 1. The Morgan fingerprint density at radius 2 is 1.85 bits per heavy atom. The highest BCUT2D eigenvalue weighted by atomic mass is 16.5. The molecule has 0 spiro atoms. The lowest BCUT2D eigenvalue weighted by Gasteiger charge is -2.04. The predicted molar refractivity (Wildman–Crippen MR) is 40.7 cm³/mol. The first kappa shape index (κ1) is 9.14. The Bertz CT molecular complexity index is 349. The summed E-state index contributed by atoms with van der Waals surface area (Å²) in [5.41, 5.74) is 0.839. The average molecular weight is 185 g/mol. The van der Waals surface area contributed by atoms with E-state index in [2.05, 4.69) is 0 Å². The first-order chi connectivity index (χ1) is 6.06. The van der Waals surface area contributed by atoms with Crippen LogP contribution in [0.3, 0.4) is 0 Å². The van der Waals surface area contributed by atoms with Gasteiger partial charge in [-0.3, -0.25) is 10.0 Å². The van der Waals surface area contributed by atoms with Gasteiger partial charge in [0.2, 0.25) is 0 Å². The van der Waals surface area contributed by atoms with Crippen molar-refractivity contribution in [2.45, 2.75) is 0 Å². The molecule has 1 aromatic carbocycles. The van der Waals surface area contributed by atoms with Gasteiger partial charge >= 0.3 is 0 Å². The molecule has 0 aliphatic rings. The molecular weight excluding hydrogens is 178 g/mol. The van der Waals surface area contributed by atoms with Crippen molar-refractivity contribution >= 4 is 5.91 Å². The summed E-state index contributed by atoms with van der Waals surface area (Å²) in [5.74, 6) is -2.76. The first-order valence-corrected chi connectivity index (χ1v) is 3.25. The second-order valence-corrected chi connectivity index (χ2v) is 2.30. The molecule has 0 aliphatic heterocycles. The number of amides is 1. The highest BCUT2D eigenvalue weighted by Crippen LogP contribution is 2.32. The number of nitrogens with one attached hydrogen (secondary N) is 1. The van der Waals surface area contributed by atoms with Gasteiger partial charge in [-0.25, -0.2) is 5.48 Å². The molecule has 5 N–H and O–H groups in total. The molecule has 0 aromatic heterocycles. The number of benzene rings is 1. The predicted octanol–water partition coefficient (Wildman–Crippen LogP) is -0.0776. The lowest BCUT2D eigenvalue weighted by molar-refractivity contribution is 0.0702. The number of carbonyl (C=O) groups excluding carboxylic acids is 1. The zero-order valence-electron chi connectivity index (χ0n) is 6.35. The third kappa shape index (κ3) is 1.62. The summed E-state index contributed by atoms with van der Waals surface area (Å²) in [5, 5.41) is 35.2. The van der Waals surface area contributed by atoms with E-state index >= 15 is 0 Å². The minimum atomic E-state index is -1.02. The summed E-state index contributed by atoms with van der Waals surface area (Å²) >= 11 is 0. The number of aromatic hydroxyl groups is 3. The van der Waals surface area contributed by atoms with E-state index in [1.54, 1.807) is 0 Å². The SMILES string of the molecule is O=C(NO)c1cc(O)cc(O)c1O. The Morgan fingerprint density at radius 3 is 2.38 bits per heavy atom. The van der Waals surface area contributed by atoms with Crippen molar-refractivity contribution in [2.75, 3.05) is 0 Å². The number of hydrogen-bond acceptors (Lipinski definition) is 5. The van der Waals surface area contributed by atoms with Crippen LogP contribution in [0.4, 0.5) is 0 Å². The van der Waals surface area contributed by atoms with Gasteiger partial charge in [0, 0.05) is 6.07 Å². The first-order valence-electron chi connectivity index (χ1n) is 3.25. The number of hydroxylamine groups is 1. The summed E-state index contributed by atoms with van der Waals surface area (Å²) in [6, 6.07) is 1.77. The Morgan fingerprint density at radius 1 is 1.23 bits per heavy atom. The minimum Gasteiger partial charge on any atom is -0.508 e. The van der Waals surface area contributed by atoms with Crippen LogP contribution in [0.25, 0.3) is 0 Å². The third-order valence-electron chi connectivity index (χ3n) is 1.42. The van der Waals surface area contributed by atoms with Gasteiger partial charge in [0.25, 0.3) is 5.91 Å². The topological polar surface area (TPSA) is 110 Å². The lowest BCUT2D eigenvalue weighted by atomic mass is 10.1. The second kappa shape index (κ2) is 3.20. The molecule has 6 heteroatoms. The van der Waals surface area contributed by atoms with E-state index in [4.69, 9.17) is 20.5 Å². The third-order valence-corrected chi connectivity index (χ3v) is 1.42. The summed E-state index contributed by atoms with van der Waals surface area (Å²) in [6.07, 6.45) is 0. The molecule has 0 fully saturated rings. The van der Waals surface area contributed by atoms with E-state index in [1.165, 1.54) is 5.48 Å². The molecule has 0 aliphatic carbocycles. The van der Waals surface area contributed by atoms with E-state index in [9.17, 15) is 4.79 Å². The molecule has 1 rings (SSSR count). The molecule has 70 valence electrons. The highest BCUT2D eigenvalue weighted by molar-refractivity contribution is 5.97. The van der Waals surface area contributed by atoms with Crippen molar-refractivity contribution in [3.8, 4) is 17.2 Å². The number of hydrogen-bond donors (Lipinski definition) is 5. The van der Waals surface area contributed by atoms with Gasteiger partial charge in [-0.1, -0.05) is 0 Å². The highest BCUT2D eigenvalue weighted by Gasteiger charge is 2.15. The van der Waals surface area contributed by atoms with Crippen molar-refractivity contribution in [3.05, 3.63) is 17.7 Å². The zero-order valence-corrected chi connectivity index (χ0v) is 6.35. The fourth-order valence-electron chi connectivity index (χ4n) is 0.838. The van der Waals surface area contributed by atoms with E-state index < -0.39 is 28.7 Å². The van der Waals surface area contributed by atoms with Crippen LogP contribution >= 0.6 is 0 Å². The van der Waals surface area contributed by atoms with Gasteiger partial charge in [0.1, 0.15) is 5.75 Å². The monoisotopic (exact) mass is 185 g/mol. The van der Waals surface area contributed by atoms with Crippen molar-refractivity contribution in [1.82, 2.24) is 5.48 Å². The van der Waals surface area contributed by atoms with E-state index in [0.717, 1.165) is 12.1 Å². The fourth-order valence-corrected chi connectivity index (χ4v) is 0.838. The molecule has 0 bridgehead atoms. The molecule has 0 saturated heterocycles. The van der Waals surface area contributed by atoms with Crippen LogP contribution in [-0.4, -0.2) is 26.4 Å². The second-order valence-electron chi connectivity index (χ2n) is 2.30. The van der Waals surface area contributed by atoms with Crippen molar-refractivity contribution in [2.24, 2.45) is 0 Å². The Balaban J connectivity index is 3.28. The van der Waals surface area contributed by atoms with Crippen LogP contribution in [-0.2, 0) is 0 Å². The van der Waals surface area contributed by atoms with Crippen LogP contribution in [0.1, 0.15) is 10.4 Å². The largest absolute Gasteiger partial charge is 0.508 e. The Kier molecular flexibility index (Phi) is 2.25. The Labute approximate surface area is 72.6 Å². The fraction of sp³-hybridized carbons (Fsp3) is 0. The maximum Gasteiger partial charge on any atom is 0.278 e. The van der Waals surface area contributed by atoms with Crippen LogP contribution in [0.15, 0.2) is 12.1 Å². The van der Waals surface area contributed by atoms with E-state index in [-0.39, 0.29) is 0 Å². The normalized spacial score (nSPS) is 9.62. The van der Waals surface area contributed by atoms with Crippen molar-refractivity contribution < 1.29 is 25.3 Å². The maximum atomic E-state index is 10.8. The number of carbonyl (C=O) groups is 1. The summed E-state index contributed by atoms with van der Waals surface area (Å²) in [6.45, 7) is 0. The maximum absolute atomic E-state index is 10.8. The smallest absolute Gasteiger partial charge is 0.278 e. The summed E-state index contributed by atoms with van der Waals surface area (Å²) in [7, 11) is 0. The molecule has 0 heterocycles. The van der Waals surface area contributed by atoms with E-state index in [0.29, 0.717) is 0 Å². The molecule has 13 heavy (non-hydrogen) atoms. The van der Waals surface area contributed by atoms with Crippen LogP contribution in [0.5, 0.6) is 17.2 Å².